The molecule has 0 unspecified atom stereocenters. The van der Waals surface area contributed by atoms with E-state index < -0.39 is 0 Å². The molecule has 0 bridgehead atoms. The monoisotopic (exact) mass is 277 g/mol. The van der Waals surface area contributed by atoms with Gasteiger partial charge in [-0.25, -0.2) is 4.68 Å². The normalized spacial score (nSPS) is 10.2. The van der Waals surface area contributed by atoms with E-state index >= 15 is 0 Å². The van der Waals surface area contributed by atoms with Crippen LogP contribution < -0.4 is 10.9 Å². The molecule has 5 nitrogen and oxygen atoms in total. The number of hydrogen-bond acceptors (Lipinski definition) is 3. The van der Waals surface area contributed by atoms with Gasteiger partial charge in [0, 0.05) is 23.8 Å². The van der Waals surface area contributed by atoms with E-state index in [1.165, 1.54) is 18.3 Å². The molecule has 0 aliphatic carbocycles. The minimum atomic E-state index is -0.302. The molecule has 1 aromatic heterocycles. The van der Waals surface area contributed by atoms with Crippen molar-refractivity contribution < 1.29 is 4.79 Å². The maximum atomic E-state index is 11.7. The van der Waals surface area contributed by atoms with E-state index in [-0.39, 0.29) is 18.0 Å². The Kier molecular flexibility index (Phi) is 4.30. The molecule has 0 saturated heterocycles. The van der Waals surface area contributed by atoms with Crippen molar-refractivity contribution >= 4 is 17.5 Å². The molecule has 98 valence electrons. The number of nitrogens with one attached hydrogen (secondary N) is 1. The van der Waals surface area contributed by atoms with Crippen LogP contribution in [0.25, 0.3) is 0 Å². The number of carbonyl (C=O) groups is 1. The lowest BCUT2D eigenvalue weighted by Crippen LogP contribution is -2.32. The van der Waals surface area contributed by atoms with Crippen molar-refractivity contribution in [3.05, 3.63) is 63.5 Å². The van der Waals surface area contributed by atoms with Crippen LogP contribution in [0.2, 0.25) is 5.02 Å². The van der Waals surface area contributed by atoms with Gasteiger partial charge in [0.05, 0.1) is 0 Å². The number of aromatic nitrogens is 2. The van der Waals surface area contributed by atoms with E-state index in [4.69, 9.17) is 11.6 Å². The Morgan fingerprint density at radius 2 is 2.00 bits per heavy atom. The fourth-order valence-electron chi connectivity index (χ4n) is 1.50. The number of benzene rings is 1. The molecule has 0 aliphatic heterocycles. The molecule has 6 heteroatoms. The summed E-state index contributed by atoms with van der Waals surface area (Å²) in [5.74, 6) is -0.268. The van der Waals surface area contributed by atoms with E-state index in [1.807, 2.05) is 12.1 Å². The topological polar surface area (TPSA) is 64.0 Å². The maximum absolute atomic E-state index is 11.7. The SMILES string of the molecule is O=C(Cn1ncccc1=O)NCc1ccc(Cl)cc1. The van der Waals surface area contributed by atoms with Gasteiger partial charge >= 0.3 is 0 Å². The molecule has 2 aromatic rings. The van der Waals surface area contributed by atoms with Crippen LogP contribution in [-0.4, -0.2) is 15.7 Å². The van der Waals surface area contributed by atoms with Gasteiger partial charge in [-0.2, -0.15) is 5.10 Å². The average molecular weight is 278 g/mol. The Balaban J connectivity index is 1.90. The van der Waals surface area contributed by atoms with Crippen molar-refractivity contribution in [1.82, 2.24) is 15.1 Å². The summed E-state index contributed by atoms with van der Waals surface area (Å²) in [7, 11) is 0. The molecule has 1 N–H and O–H groups in total. The summed E-state index contributed by atoms with van der Waals surface area (Å²) < 4.78 is 1.11. The van der Waals surface area contributed by atoms with Gasteiger partial charge in [0.15, 0.2) is 0 Å². The van der Waals surface area contributed by atoms with Crippen LogP contribution in [0.5, 0.6) is 0 Å². The van der Waals surface area contributed by atoms with Crippen LogP contribution in [0.15, 0.2) is 47.4 Å². The van der Waals surface area contributed by atoms with E-state index in [0.29, 0.717) is 11.6 Å². The molecule has 1 amide bonds. The largest absolute Gasteiger partial charge is 0.350 e. The predicted octanol–water partition coefficient (Wildman–Crippen LogP) is 1.21. The van der Waals surface area contributed by atoms with Crippen LogP contribution in [0, 0.1) is 0 Å². The molecule has 0 saturated carbocycles. The summed E-state index contributed by atoms with van der Waals surface area (Å²) in [6.45, 7) is 0.296. The third-order valence-electron chi connectivity index (χ3n) is 2.48. The lowest BCUT2D eigenvalue weighted by Gasteiger charge is -2.06. The highest BCUT2D eigenvalue weighted by Gasteiger charge is 2.04. The second-order valence-corrected chi connectivity index (χ2v) is 4.36. The summed E-state index contributed by atoms with van der Waals surface area (Å²) in [6, 6.07) is 10.1. The summed E-state index contributed by atoms with van der Waals surface area (Å²) in [6.07, 6.45) is 1.47. The molecule has 2 rings (SSSR count). The standard InChI is InChI=1S/C13H12ClN3O2/c14-11-5-3-10(4-6-11)8-15-12(18)9-17-13(19)2-1-7-16-17/h1-7H,8-9H2,(H,15,18). The van der Waals surface area contributed by atoms with Gasteiger partial charge in [-0.05, 0) is 23.8 Å². The third-order valence-corrected chi connectivity index (χ3v) is 2.73. The molecule has 0 spiro atoms. The first-order valence-electron chi connectivity index (χ1n) is 5.68. The number of rotatable bonds is 4. The first kappa shape index (κ1) is 13.3. The molecular formula is C13H12ClN3O2. The fraction of sp³-hybridized carbons (Fsp3) is 0.154. The van der Waals surface area contributed by atoms with Crippen molar-refractivity contribution in [2.24, 2.45) is 0 Å². The van der Waals surface area contributed by atoms with Gasteiger partial charge in [-0.3, -0.25) is 9.59 Å². The highest BCUT2D eigenvalue weighted by atomic mass is 35.5. The molecule has 1 heterocycles. The van der Waals surface area contributed by atoms with Crippen molar-refractivity contribution in [2.45, 2.75) is 13.1 Å². The highest BCUT2D eigenvalue weighted by Crippen LogP contribution is 2.08. The quantitative estimate of drug-likeness (QED) is 0.914. The zero-order valence-electron chi connectivity index (χ0n) is 10.0. The van der Waals surface area contributed by atoms with Crippen LogP contribution in [0.3, 0.4) is 0 Å². The second kappa shape index (κ2) is 6.15. The number of carbonyl (C=O) groups excluding carboxylic acids is 1. The van der Waals surface area contributed by atoms with Crippen LogP contribution in [-0.2, 0) is 17.9 Å². The molecule has 0 radical (unpaired) electrons. The van der Waals surface area contributed by atoms with Gasteiger partial charge in [0.25, 0.3) is 5.56 Å². The van der Waals surface area contributed by atoms with E-state index in [2.05, 4.69) is 10.4 Å². The summed E-state index contributed by atoms with van der Waals surface area (Å²) in [4.78, 5) is 23.0. The zero-order chi connectivity index (χ0) is 13.7. The predicted molar refractivity (Wildman–Crippen MR) is 71.8 cm³/mol. The lowest BCUT2D eigenvalue weighted by atomic mass is 10.2. The smallest absolute Gasteiger partial charge is 0.267 e. The summed E-state index contributed by atoms with van der Waals surface area (Å²) in [5, 5.41) is 7.17. The number of hydrogen-bond donors (Lipinski definition) is 1. The molecule has 1 aromatic carbocycles. The minimum Gasteiger partial charge on any atom is -0.350 e. The summed E-state index contributed by atoms with van der Waals surface area (Å²) >= 11 is 5.77. The van der Waals surface area contributed by atoms with Gasteiger partial charge in [-0.1, -0.05) is 23.7 Å². The Bertz CT molecular complexity index is 622. The molecule has 19 heavy (non-hydrogen) atoms. The van der Waals surface area contributed by atoms with E-state index in [9.17, 15) is 9.59 Å². The first-order valence-corrected chi connectivity index (χ1v) is 6.06. The van der Waals surface area contributed by atoms with E-state index in [1.54, 1.807) is 12.1 Å². The lowest BCUT2D eigenvalue weighted by molar-refractivity contribution is -0.122. The molecular weight excluding hydrogens is 266 g/mol. The summed E-state index contributed by atoms with van der Waals surface area (Å²) in [5.41, 5.74) is 0.635. The van der Waals surface area contributed by atoms with Crippen molar-refractivity contribution in [1.29, 1.82) is 0 Å². The average Bonchev–Trinajstić information content (AvgIpc) is 2.41. The number of nitrogens with zero attached hydrogens (tertiary/aromatic N) is 2. The Hall–Kier alpha value is -2.14. The van der Waals surface area contributed by atoms with Crippen molar-refractivity contribution in [2.75, 3.05) is 0 Å². The number of halogens is 1. The van der Waals surface area contributed by atoms with Crippen LogP contribution in [0.1, 0.15) is 5.56 Å². The minimum absolute atomic E-state index is 0.0900. The van der Waals surface area contributed by atoms with Gasteiger partial charge in [0.2, 0.25) is 5.91 Å². The van der Waals surface area contributed by atoms with Crippen LogP contribution in [0.4, 0.5) is 0 Å². The Labute approximate surface area is 114 Å². The van der Waals surface area contributed by atoms with Gasteiger partial charge in [-0.15, -0.1) is 0 Å². The second-order valence-electron chi connectivity index (χ2n) is 3.92. The van der Waals surface area contributed by atoms with Crippen molar-refractivity contribution in [3.8, 4) is 0 Å². The molecule has 0 atom stereocenters. The first-order chi connectivity index (χ1) is 9.15. The van der Waals surface area contributed by atoms with E-state index in [0.717, 1.165) is 10.2 Å². The van der Waals surface area contributed by atoms with Gasteiger partial charge in [0.1, 0.15) is 6.54 Å². The Morgan fingerprint density at radius 3 is 2.68 bits per heavy atom. The number of amides is 1. The van der Waals surface area contributed by atoms with Crippen molar-refractivity contribution in [3.63, 3.8) is 0 Å². The molecule has 0 fully saturated rings. The Morgan fingerprint density at radius 1 is 1.26 bits per heavy atom. The van der Waals surface area contributed by atoms with Gasteiger partial charge < -0.3 is 5.32 Å². The molecule has 0 aliphatic rings. The van der Waals surface area contributed by atoms with Crippen LogP contribution >= 0.6 is 11.6 Å². The fourth-order valence-corrected chi connectivity index (χ4v) is 1.63. The zero-order valence-corrected chi connectivity index (χ0v) is 10.8. The maximum Gasteiger partial charge on any atom is 0.267 e. The highest BCUT2D eigenvalue weighted by molar-refractivity contribution is 6.30. The third kappa shape index (κ3) is 3.93.